The van der Waals surface area contributed by atoms with Gasteiger partial charge in [0.2, 0.25) is 17.7 Å². The largest absolute Gasteiger partial charge is 0.508 e. The first-order chi connectivity index (χ1) is 23.1. The molecule has 3 atom stereocenters. The molecule has 3 amide bonds. The molecule has 1 fully saturated rings. The molecular weight excluding hydrogens is 653 g/mol. The van der Waals surface area contributed by atoms with Crippen LogP contribution in [0, 0.1) is 5.92 Å². The highest BCUT2D eigenvalue weighted by Crippen LogP contribution is 2.54. The number of aromatic nitrogens is 1. The van der Waals surface area contributed by atoms with E-state index in [2.05, 4.69) is 24.1 Å². The van der Waals surface area contributed by atoms with Gasteiger partial charge in [0.1, 0.15) is 17.5 Å². The van der Waals surface area contributed by atoms with Crippen LogP contribution in [-0.4, -0.2) is 58.3 Å². The number of imide groups is 1. The quantitative estimate of drug-likeness (QED) is 0.133. The number of benzene rings is 3. The van der Waals surface area contributed by atoms with Crippen molar-refractivity contribution in [2.75, 3.05) is 34.8 Å². The van der Waals surface area contributed by atoms with Crippen molar-refractivity contribution in [3.8, 4) is 5.75 Å². The lowest BCUT2D eigenvalue weighted by atomic mass is 9.83. The molecule has 2 N–H and O–H groups in total. The third-order valence-corrected chi connectivity index (χ3v) is 11.1. The number of rotatable bonds is 10. The number of carbonyl (C=O) groups excluding carboxylic acids is 4. The van der Waals surface area contributed by atoms with Gasteiger partial charge < -0.3 is 20.1 Å². The Morgan fingerprint density at radius 3 is 2.19 bits per heavy atom. The van der Waals surface area contributed by atoms with Gasteiger partial charge in [0.05, 0.1) is 28.8 Å². The Hall–Kier alpha value is -4.88. The monoisotopic (exact) mass is 686 g/mol. The fourth-order valence-electron chi connectivity index (χ4n) is 6.20. The fraction of sp³-hybridized carbons (Fsp3) is 0.286. The normalized spacial score (nSPS) is 18.3. The number of aromatic hydroxyl groups is 1. The second-order valence-corrected chi connectivity index (χ2v) is 13.4. The predicted octanol–water partition coefficient (Wildman–Crippen LogP) is 5.07. The molecule has 13 heteroatoms. The number of hydrogen-bond donors (Lipinski definition) is 2. The minimum atomic E-state index is -0.859. The minimum absolute atomic E-state index is 0.0537. The van der Waals surface area contributed by atoms with Crippen molar-refractivity contribution < 1.29 is 29.0 Å². The number of phenolic OH excluding ortho intramolecular Hbond substituents is 1. The van der Waals surface area contributed by atoms with Gasteiger partial charge in [0.15, 0.2) is 0 Å². The minimum Gasteiger partial charge on any atom is -0.508 e. The molecule has 0 unspecified atom stereocenters. The Kier molecular flexibility index (Phi) is 9.42. The van der Waals surface area contributed by atoms with Gasteiger partial charge in [-0.2, -0.15) is 0 Å². The Bertz CT molecular complexity index is 1920. The van der Waals surface area contributed by atoms with Gasteiger partial charge in [-0.15, -0.1) is 0 Å². The first-order valence-corrected chi connectivity index (χ1v) is 17.3. The van der Waals surface area contributed by atoms with Crippen molar-refractivity contribution in [2.24, 2.45) is 5.92 Å². The third-order valence-electron chi connectivity index (χ3n) is 8.52. The summed E-state index contributed by atoms with van der Waals surface area (Å²) < 4.78 is 6.43. The molecule has 0 saturated carbocycles. The van der Waals surface area contributed by atoms with Crippen LogP contribution in [0.2, 0.25) is 0 Å². The van der Waals surface area contributed by atoms with Crippen molar-refractivity contribution in [1.82, 2.24) is 4.57 Å². The molecule has 0 radical (unpaired) electrons. The van der Waals surface area contributed by atoms with E-state index in [-0.39, 0.29) is 23.8 Å². The molecular formula is C35H34N4O7S2. The van der Waals surface area contributed by atoms with Crippen LogP contribution in [0.25, 0.3) is 0 Å². The highest BCUT2D eigenvalue weighted by atomic mass is 32.2. The summed E-state index contributed by atoms with van der Waals surface area (Å²) in [5.41, 5.74) is 2.88. The molecule has 11 nitrogen and oxygen atoms in total. The van der Waals surface area contributed by atoms with E-state index in [0.29, 0.717) is 26.8 Å². The summed E-state index contributed by atoms with van der Waals surface area (Å²) >= 11 is 2.11. The van der Waals surface area contributed by atoms with E-state index in [0.717, 1.165) is 52.3 Å². The van der Waals surface area contributed by atoms with E-state index in [1.807, 2.05) is 24.3 Å². The molecule has 1 aromatic heterocycles. The van der Waals surface area contributed by atoms with E-state index in [4.69, 9.17) is 4.74 Å². The van der Waals surface area contributed by atoms with E-state index in [9.17, 15) is 29.1 Å². The summed E-state index contributed by atoms with van der Waals surface area (Å²) in [7, 11) is 0. The van der Waals surface area contributed by atoms with Crippen molar-refractivity contribution >= 4 is 63.9 Å². The van der Waals surface area contributed by atoms with Crippen molar-refractivity contribution in [3.05, 3.63) is 98.5 Å². The van der Waals surface area contributed by atoms with Crippen molar-refractivity contribution in [1.29, 1.82) is 0 Å². The summed E-state index contributed by atoms with van der Waals surface area (Å²) in [6.07, 6.45) is 0. The molecule has 0 aliphatic carbocycles. The molecule has 3 heterocycles. The van der Waals surface area contributed by atoms with E-state index in [1.165, 1.54) is 28.8 Å². The molecule has 2 aliphatic rings. The molecule has 0 spiro atoms. The number of phenols is 1. The van der Waals surface area contributed by atoms with Gasteiger partial charge in [-0.25, -0.2) is 9.69 Å². The fourth-order valence-corrected chi connectivity index (χ4v) is 8.97. The number of nitrogens with one attached hydrogen (secondary N) is 1. The number of thioether (sulfide) groups is 1. The van der Waals surface area contributed by atoms with Crippen LogP contribution in [-0.2, 0) is 25.7 Å². The number of thiazole rings is 1. The number of amides is 3. The van der Waals surface area contributed by atoms with Crippen LogP contribution in [0.5, 0.6) is 5.75 Å². The van der Waals surface area contributed by atoms with Crippen LogP contribution in [0.15, 0.2) is 82.6 Å². The number of carbonyl (C=O) groups is 4. The highest BCUT2D eigenvalue weighted by molar-refractivity contribution is 8.00. The van der Waals surface area contributed by atoms with Gasteiger partial charge >= 0.3 is 10.8 Å². The van der Waals surface area contributed by atoms with E-state index in [1.54, 1.807) is 31.2 Å². The molecule has 48 heavy (non-hydrogen) atoms. The molecule has 6 rings (SSSR count). The zero-order chi connectivity index (χ0) is 34.1. The summed E-state index contributed by atoms with van der Waals surface area (Å²) in [4.78, 5) is 70.8. The third kappa shape index (κ3) is 6.11. The zero-order valence-electron chi connectivity index (χ0n) is 26.5. The molecule has 0 bridgehead atoms. The first-order valence-electron chi connectivity index (χ1n) is 15.6. The van der Waals surface area contributed by atoms with Crippen molar-refractivity contribution in [3.63, 3.8) is 0 Å². The summed E-state index contributed by atoms with van der Waals surface area (Å²) in [6.45, 7) is 7.40. The summed E-state index contributed by atoms with van der Waals surface area (Å²) in [6, 6.07) is 20.0. The number of nitrogens with zero attached hydrogens (tertiary/aromatic N) is 3. The number of esters is 1. The second-order valence-electron chi connectivity index (χ2n) is 11.3. The zero-order valence-corrected chi connectivity index (χ0v) is 28.2. The van der Waals surface area contributed by atoms with E-state index >= 15 is 0 Å². The molecule has 3 aromatic carbocycles. The van der Waals surface area contributed by atoms with Gasteiger partial charge in [0.25, 0.3) is 0 Å². The van der Waals surface area contributed by atoms with E-state index < -0.39 is 40.8 Å². The van der Waals surface area contributed by atoms with Crippen LogP contribution in [0.3, 0.4) is 0 Å². The second kappa shape index (κ2) is 13.7. The molecule has 1 saturated heterocycles. The van der Waals surface area contributed by atoms with Gasteiger partial charge in [-0.3, -0.25) is 23.7 Å². The maximum atomic E-state index is 14.3. The Morgan fingerprint density at radius 2 is 1.56 bits per heavy atom. The molecule has 2 aliphatic heterocycles. The smallest absolute Gasteiger partial charge is 0.338 e. The van der Waals surface area contributed by atoms with Gasteiger partial charge in [0, 0.05) is 35.3 Å². The van der Waals surface area contributed by atoms with Crippen LogP contribution in [0.4, 0.5) is 17.1 Å². The van der Waals surface area contributed by atoms with Crippen LogP contribution >= 0.6 is 23.1 Å². The number of anilines is 3. The highest BCUT2D eigenvalue weighted by Gasteiger charge is 2.56. The maximum absolute atomic E-state index is 14.3. The lowest BCUT2D eigenvalue weighted by Gasteiger charge is -2.31. The Morgan fingerprint density at radius 1 is 0.896 bits per heavy atom. The SMILES string of the molecule is CCOC(=O)c1ccc(N2C(=O)[C@H]3[C@H](c4ccc(N(CC)CC)cc4)c4sc(=O)n(CC(=O)Nc5ccc(O)cc5)c4S[C@H]3C2=O)cc1. The summed E-state index contributed by atoms with van der Waals surface area (Å²) in [5, 5.41) is 11.9. The Labute approximate surface area is 285 Å². The lowest BCUT2D eigenvalue weighted by molar-refractivity contribution is -0.122. The lowest BCUT2D eigenvalue weighted by Crippen LogP contribution is -2.33. The number of ether oxygens (including phenoxy) is 1. The maximum Gasteiger partial charge on any atom is 0.338 e. The number of hydrogen-bond acceptors (Lipinski definition) is 10. The van der Waals surface area contributed by atoms with Crippen LogP contribution in [0.1, 0.15) is 47.5 Å². The first kappa shape index (κ1) is 33.0. The Balaban J connectivity index is 1.38. The average Bonchev–Trinajstić information content (AvgIpc) is 3.53. The molecule has 248 valence electrons. The predicted molar refractivity (Wildman–Crippen MR) is 185 cm³/mol. The standard InChI is InChI=1S/C35H34N4O7S2/c1-4-37(5-2)23-13-7-20(8-14-23)27-28-29(32(43)39(31(28)42)24-15-9-21(10-16-24)34(44)46-6-3)47-33-30(27)48-35(45)38(33)19-26(41)36-22-11-17-25(40)18-12-22/h7-18,27-29,40H,4-6,19H2,1-3H3,(H,36,41)/t27-,28-,29+/m0/s1. The number of fused-ring (bicyclic) bond motifs is 2. The summed E-state index contributed by atoms with van der Waals surface area (Å²) in [5.74, 6) is -3.16. The van der Waals surface area contributed by atoms with Crippen molar-refractivity contribution in [2.45, 2.75) is 43.5 Å². The van der Waals surface area contributed by atoms with Gasteiger partial charge in [-0.1, -0.05) is 35.2 Å². The van der Waals surface area contributed by atoms with Crippen LogP contribution < -0.4 is 20.0 Å². The molecule has 4 aromatic rings. The topological polar surface area (TPSA) is 138 Å². The average molecular weight is 687 g/mol. The van der Waals surface area contributed by atoms with Gasteiger partial charge in [-0.05, 0) is 87.0 Å².